The van der Waals surface area contributed by atoms with Crippen molar-refractivity contribution in [1.82, 2.24) is 14.8 Å². The molecule has 0 atom stereocenters. The van der Waals surface area contributed by atoms with Crippen molar-refractivity contribution in [2.24, 2.45) is 0 Å². The van der Waals surface area contributed by atoms with Crippen molar-refractivity contribution in [2.45, 2.75) is 18.7 Å². The van der Waals surface area contributed by atoms with Gasteiger partial charge >= 0.3 is 0 Å². The molecule has 0 aliphatic carbocycles. The summed E-state index contributed by atoms with van der Waals surface area (Å²) in [5, 5.41) is 9.40. The molecule has 0 unspecified atom stereocenters. The van der Waals surface area contributed by atoms with E-state index in [1.165, 1.54) is 11.8 Å². The van der Waals surface area contributed by atoms with Crippen LogP contribution >= 0.6 is 11.8 Å². The van der Waals surface area contributed by atoms with Crippen LogP contribution in [0.5, 0.6) is 11.5 Å². The quantitative estimate of drug-likeness (QED) is 0.149. The summed E-state index contributed by atoms with van der Waals surface area (Å²) in [4.78, 5) is 13.0. The highest BCUT2D eigenvalue weighted by Crippen LogP contribution is 2.26. The average molecular weight is 522 g/mol. The molecule has 190 valence electrons. The fourth-order valence-corrected chi connectivity index (χ4v) is 4.82. The molecule has 1 aromatic heterocycles. The predicted octanol–water partition coefficient (Wildman–Crippen LogP) is 6.81. The summed E-state index contributed by atoms with van der Waals surface area (Å²) in [5.74, 6) is 2.40. The van der Waals surface area contributed by atoms with E-state index in [9.17, 15) is 4.79 Å². The van der Waals surface area contributed by atoms with E-state index in [-0.39, 0.29) is 18.1 Å². The molecule has 7 heteroatoms. The van der Waals surface area contributed by atoms with Gasteiger partial charge in [0.15, 0.2) is 16.8 Å². The molecule has 0 saturated carbocycles. The lowest BCUT2D eigenvalue weighted by atomic mass is 10.0. The van der Waals surface area contributed by atoms with E-state index in [1.807, 2.05) is 102 Å². The second-order valence-electron chi connectivity index (χ2n) is 8.69. The summed E-state index contributed by atoms with van der Waals surface area (Å²) in [7, 11) is 1.63. The summed E-state index contributed by atoms with van der Waals surface area (Å²) in [6.07, 6.45) is 0. The maximum Gasteiger partial charge on any atom is 0.196 e. The lowest BCUT2D eigenvalue weighted by Crippen LogP contribution is -2.08. The van der Waals surface area contributed by atoms with E-state index in [0.29, 0.717) is 16.5 Å². The summed E-state index contributed by atoms with van der Waals surface area (Å²) >= 11 is 1.35. The lowest BCUT2D eigenvalue weighted by molar-refractivity contribution is 0.102. The Bertz CT molecular complexity index is 1500. The zero-order chi connectivity index (χ0) is 26.3. The Balaban J connectivity index is 1.33. The van der Waals surface area contributed by atoms with Crippen molar-refractivity contribution >= 4 is 17.5 Å². The number of benzene rings is 4. The Morgan fingerprint density at radius 1 is 0.789 bits per heavy atom. The molecule has 0 N–H and O–H groups in total. The van der Waals surface area contributed by atoms with Crippen LogP contribution in [0.25, 0.3) is 16.8 Å². The molecular weight excluding hydrogens is 494 g/mol. The Morgan fingerprint density at radius 2 is 1.45 bits per heavy atom. The molecular formula is C31H27N3O3S. The van der Waals surface area contributed by atoms with Gasteiger partial charge in [0, 0.05) is 11.3 Å². The highest BCUT2D eigenvalue weighted by molar-refractivity contribution is 7.99. The molecule has 6 nitrogen and oxygen atoms in total. The van der Waals surface area contributed by atoms with Gasteiger partial charge in [-0.25, -0.2) is 0 Å². The lowest BCUT2D eigenvalue weighted by Gasteiger charge is -2.12. The van der Waals surface area contributed by atoms with Crippen molar-refractivity contribution in [1.29, 1.82) is 0 Å². The van der Waals surface area contributed by atoms with Crippen LogP contribution in [-0.2, 0) is 6.61 Å². The fourth-order valence-electron chi connectivity index (χ4n) is 3.95. The number of thioether (sulfide) groups is 1. The van der Waals surface area contributed by atoms with Crippen LogP contribution in [-0.4, -0.2) is 33.4 Å². The second-order valence-corrected chi connectivity index (χ2v) is 9.63. The minimum atomic E-state index is 0.0244. The number of aryl methyl sites for hydroxylation is 1. The fraction of sp³-hybridized carbons (Fsp3) is 0.129. The standard InChI is InChI=1S/C31H27N3O3S/c1-22-8-16-28(17-9-22)37-20-30-32-33-31(34(30)26-14-18-27(36-2)19-15-26)38-21-29(35)25-12-10-24(11-13-25)23-6-4-3-5-7-23/h3-19H,20-21H2,1-2H3. The molecule has 5 rings (SSSR count). The smallest absolute Gasteiger partial charge is 0.196 e. The molecule has 0 radical (unpaired) electrons. The van der Waals surface area contributed by atoms with Gasteiger partial charge in [0.1, 0.15) is 18.1 Å². The minimum absolute atomic E-state index is 0.0244. The van der Waals surface area contributed by atoms with Crippen molar-refractivity contribution in [3.63, 3.8) is 0 Å². The molecule has 0 amide bonds. The first-order chi connectivity index (χ1) is 18.6. The van der Waals surface area contributed by atoms with Crippen LogP contribution in [0.4, 0.5) is 0 Å². The van der Waals surface area contributed by atoms with Gasteiger partial charge < -0.3 is 9.47 Å². The molecule has 0 bridgehead atoms. The van der Waals surface area contributed by atoms with E-state index in [0.717, 1.165) is 33.9 Å². The van der Waals surface area contributed by atoms with E-state index in [4.69, 9.17) is 9.47 Å². The van der Waals surface area contributed by atoms with Gasteiger partial charge in [-0.1, -0.05) is 84.1 Å². The Hall–Kier alpha value is -4.36. The van der Waals surface area contributed by atoms with Crippen LogP contribution in [0.15, 0.2) is 108 Å². The van der Waals surface area contributed by atoms with Crippen LogP contribution in [0, 0.1) is 6.92 Å². The van der Waals surface area contributed by atoms with Crippen molar-refractivity contribution in [3.05, 3.63) is 120 Å². The molecule has 0 fully saturated rings. The molecule has 38 heavy (non-hydrogen) atoms. The van der Waals surface area contributed by atoms with E-state index in [2.05, 4.69) is 22.3 Å². The summed E-state index contributed by atoms with van der Waals surface area (Å²) < 4.78 is 13.2. The second kappa shape index (κ2) is 11.8. The van der Waals surface area contributed by atoms with Gasteiger partial charge in [-0.05, 0) is 54.4 Å². The number of carbonyl (C=O) groups is 1. The number of hydrogen-bond acceptors (Lipinski definition) is 6. The van der Waals surface area contributed by atoms with Gasteiger partial charge in [0.2, 0.25) is 0 Å². The molecule has 5 aromatic rings. The molecule has 0 saturated heterocycles. The van der Waals surface area contributed by atoms with Crippen LogP contribution < -0.4 is 9.47 Å². The molecule has 0 aliphatic rings. The van der Waals surface area contributed by atoms with Gasteiger partial charge in [0.25, 0.3) is 0 Å². The molecule has 4 aromatic carbocycles. The average Bonchev–Trinajstić information content (AvgIpc) is 3.39. The number of rotatable bonds is 10. The van der Waals surface area contributed by atoms with Crippen molar-refractivity contribution in [2.75, 3.05) is 12.9 Å². The number of aromatic nitrogens is 3. The minimum Gasteiger partial charge on any atom is -0.497 e. The number of hydrogen-bond donors (Lipinski definition) is 0. The molecule has 1 heterocycles. The molecule has 0 spiro atoms. The van der Waals surface area contributed by atoms with E-state index < -0.39 is 0 Å². The van der Waals surface area contributed by atoms with Crippen LogP contribution in [0.1, 0.15) is 21.7 Å². The summed E-state index contributed by atoms with van der Waals surface area (Å²) in [6, 6.07) is 33.3. The zero-order valence-corrected chi connectivity index (χ0v) is 22.0. The number of carbonyl (C=O) groups excluding carboxylic acids is 1. The van der Waals surface area contributed by atoms with Crippen molar-refractivity contribution in [3.8, 4) is 28.3 Å². The highest BCUT2D eigenvalue weighted by Gasteiger charge is 2.17. The van der Waals surface area contributed by atoms with E-state index in [1.54, 1.807) is 7.11 Å². The Morgan fingerprint density at radius 3 is 2.13 bits per heavy atom. The maximum atomic E-state index is 13.0. The first kappa shape index (κ1) is 25.3. The van der Waals surface area contributed by atoms with Crippen molar-refractivity contribution < 1.29 is 14.3 Å². The van der Waals surface area contributed by atoms with Crippen LogP contribution in [0.3, 0.4) is 0 Å². The monoisotopic (exact) mass is 521 g/mol. The number of Topliss-reactive ketones (excluding diaryl/α,β-unsaturated/α-hetero) is 1. The van der Waals surface area contributed by atoms with Gasteiger partial charge in [-0.3, -0.25) is 9.36 Å². The number of nitrogens with zero attached hydrogens (tertiary/aromatic N) is 3. The Labute approximate surface area is 226 Å². The van der Waals surface area contributed by atoms with Gasteiger partial charge in [0.05, 0.1) is 12.9 Å². The first-order valence-corrected chi connectivity index (χ1v) is 13.2. The topological polar surface area (TPSA) is 66.2 Å². The third kappa shape index (κ3) is 5.95. The number of methoxy groups -OCH3 is 1. The van der Waals surface area contributed by atoms with Crippen LogP contribution in [0.2, 0.25) is 0 Å². The predicted molar refractivity (Wildman–Crippen MR) is 150 cm³/mol. The summed E-state index contributed by atoms with van der Waals surface area (Å²) in [5.41, 5.74) is 4.88. The third-order valence-electron chi connectivity index (χ3n) is 6.07. The first-order valence-electron chi connectivity index (χ1n) is 12.2. The Kier molecular flexibility index (Phi) is 7.85. The number of ketones is 1. The van der Waals surface area contributed by atoms with E-state index >= 15 is 0 Å². The third-order valence-corrected chi connectivity index (χ3v) is 7.00. The van der Waals surface area contributed by atoms with Gasteiger partial charge in [-0.15, -0.1) is 10.2 Å². The SMILES string of the molecule is COc1ccc(-n2c(COc3ccc(C)cc3)nnc2SCC(=O)c2ccc(-c3ccccc3)cc2)cc1. The normalized spacial score (nSPS) is 10.8. The maximum absolute atomic E-state index is 13.0. The highest BCUT2D eigenvalue weighted by atomic mass is 32.2. The summed E-state index contributed by atoms with van der Waals surface area (Å²) in [6.45, 7) is 2.27. The van der Waals surface area contributed by atoms with Gasteiger partial charge in [-0.2, -0.15) is 0 Å². The number of ether oxygens (including phenoxy) is 2. The molecule has 0 aliphatic heterocycles. The largest absolute Gasteiger partial charge is 0.497 e. The zero-order valence-electron chi connectivity index (χ0n) is 21.2.